The Balaban J connectivity index is 1.49. The first-order valence-corrected chi connectivity index (χ1v) is 12.5. The van der Waals surface area contributed by atoms with Gasteiger partial charge in [0.2, 0.25) is 5.91 Å². The largest absolute Gasteiger partial charge is 0.478 e. The van der Waals surface area contributed by atoms with Gasteiger partial charge in [-0.05, 0) is 43.2 Å². The molecule has 2 saturated heterocycles. The lowest BCUT2D eigenvalue weighted by molar-refractivity contribution is -0.131. The average Bonchev–Trinajstić information content (AvgIpc) is 3.35. The molecule has 0 spiro atoms. The van der Waals surface area contributed by atoms with E-state index in [0.717, 1.165) is 25.9 Å². The zero-order valence-corrected chi connectivity index (χ0v) is 19.1. The van der Waals surface area contributed by atoms with Gasteiger partial charge in [-0.15, -0.1) is 0 Å². The quantitative estimate of drug-likeness (QED) is 0.634. The number of amides is 1. The first-order chi connectivity index (χ1) is 15.8. The molecule has 0 aromatic heterocycles. The van der Waals surface area contributed by atoms with Gasteiger partial charge in [-0.1, -0.05) is 18.2 Å². The van der Waals surface area contributed by atoms with Crippen LogP contribution in [0.15, 0.2) is 53.4 Å². The van der Waals surface area contributed by atoms with Crippen molar-refractivity contribution >= 4 is 33.3 Å². The maximum Gasteiger partial charge on any atom is 0.335 e. The van der Waals surface area contributed by atoms with Crippen molar-refractivity contribution in [3.8, 4) is 0 Å². The van der Waals surface area contributed by atoms with E-state index in [9.17, 15) is 23.1 Å². The molecule has 10 heteroatoms. The molecular formula is C23H28N4O5S. The molecule has 33 heavy (non-hydrogen) atoms. The van der Waals surface area contributed by atoms with E-state index in [4.69, 9.17) is 0 Å². The number of benzene rings is 2. The molecule has 1 amide bonds. The van der Waals surface area contributed by atoms with Gasteiger partial charge in [0.1, 0.15) is 0 Å². The fourth-order valence-corrected chi connectivity index (χ4v) is 5.32. The first kappa shape index (κ1) is 23.1. The number of hydrogen-bond acceptors (Lipinski definition) is 6. The van der Waals surface area contributed by atoms with Crippen LogP contribution in [0.25, 0.3) is 0 Å². The van der Waals surface area contributed by atoms with Crippen molar-refractivity contribution in [2.45, 2.75) is 17.7 Å². The highest BCUT2D eigenvalue weighted by Gasteiger charge is 2.26. The Kier molecular flexibility index (Phi) is 6.85. The lowest BCUT2D eigenvalue weighted by Gasteiger charge is -2.37. The maximum absolute atomic E-state index is 12.9. The third-order valence-corrected chi connectivity index (χ3v) is 7.45. The second kappa shape index (κ2) is 9.80. The molecule has 2 heterocycles. The number of hydrogen-bond donors (Lipinski definition) is 2. The molecule has 0 bridgehead atoms. The minimum atomic E-state index is -3.88. The Morgan fingerprint density at radius 3 is 2.21 bits per heavy atom. The number of nitrogens with zero attached hydrogens (tertiary/aromatic N) is 3. The van der Waals surface area contributed by atoms with E-state index < -0.39 is 16.0 Å². The Hall–Kier alpha value is -3.11. The highest BCUT2D eigenvalue weighted by molar-refractivity contribution is 7.92. The van der Waals surface area contributed by atoms with E-state index in [0.29, 0.717) is 38.4 Å². The Morgan fingerprint density at radius 2 is 1.58 bits per heavy atom. The maximum atomic E-state index is 12.9. The number of carbonyl (C=O) groups excluding carboxylic acids is 1. The van der Waals surface area contributed by atoms with Crippen LogP contribution >= 0.6 is 0 Å². The van der Waals surface area contributed by atoms with Gasteiger partial charge in [-0.25, -0.2) is 13.2 Å². The molecule has 0 saturated carbocycles. The number of sulfonamides is 1. The number of carbonyl (C=O) groups is 2. The van der Waals surface area contributed by atoms with E-state index in [1.807, 2.05) is 9.80 Å². The molecule has 2 aromatic rings. The van der Waals surface area contributed by atoms with Crippen molar-refractivity contribution in [1.82, 2.24) is 9.80 Å². The van der Waals surface area contributed by atoms with Crippen LogP contribution in [0.2, 0.25) is 0 Å². The zero-order valence-electron chi connectivity index (χ0n) is 18.3. The zero-order chi connectivity index (χ0) is 23.4. The summed E-state index contributed by atoms with van der Waals surface area (Å²) in [6, 6.07) is 12.4. The minimum Gasteiger partial charge on any atom is -0.478 e. The molecule has 2 aromatic carbocycles. The van der Waals surface area contributed by atoms with E-state index in [-0.39, 0.29) is 22.1 Å². The van der Waals surface area contributed by atoms with Gasteiger partial charge >= 0.3 is 5.97 Å². The molecule has 2 N–H and O–H groups in total. The van der Waals surface area contributed by atoms with Gasteiger partial charge in [0.05, 0.1) is 28.4 Å². The van der Waals surface area contributed by atoms with Crippen LogP contribution in [0, 0.1) is 0 Å². The molecule has 2 fully saturated rings. The van der Waals surface area contributed by atoms with Gasteiger partial charge < -0.3 is 14.9 Å². The third-order valence-electron chi connectivity index (χ3n) is 6.07. The summed E-state index contributed by atoms with van der Waals surface area (Å²) in [7, 11) is -3.88. The van der Waals surface area contributed by atoms with Crippen molar-refractivity contribution in [1.29, 1.82) is 0 Å². The van der Waals surface area contributed by atoms with Crippen LogP contribution in [-0.4, -0.2) is 81.0 Å². The molecule has 2 aliphatic rings. The molecule has 0 aliphatic carbocycles. The third kappa shape index (κ3) is 5.45. The van der Waals surface area contributed by atoms with Crippen LogP contribution in [0.1, 0.15) is 23.2 Å². The topological polar surface area (TPSA) is 110 Å². The van der Waals surface area contributed by atoms with Crippen molar-refractivity contribution < 1.29 is 23.1 Å². The minimum absolute atomic E-state index is 0.000595. The highest BCUT2D eigenvalue weighted by atomic mass is 32.2. The summed E-state index contributed by atoms with van der Waals surface area (Å²) in [5, 5.41) is 9.40. The fourth-order valence-electron chi connectivity index (χ4n) is 4.23. The lowest BCUT2D eigenvalue weighted by atomic mass is 10.1. The number of carboxylic acid groups (broad SMARTS) is 1. The molecule has 4 rings (SSSR count). The summed E-state index contributed by atoms with van der Waals surface area (Å²) in [4.78, 5) is 30.1. The smallest absolute Gasteiger partial charge is 0.335 e. The monoisotopic (exact) mass is 472 g/mol. The van der Waals surface area contributed by atoms with Crippen LogP contribution in [0.4, 0.5) is 11.4 Å². The Bertz CT molecular complexity index is 1110. The summed E-state index contributed by atoms with van der Waals surface area (Å²) in [6.07, 6.45) is 2.13. The number of anilines is 2. The molecule has 0 atom stereocenters. The van der Waals surface area contributed by atoms with E-state index in [1.165, 1.54) is 24.3 Å². The normalized spacial score (nSPS) is 17.2. The van der Waals surface area contributed by atoms with E-state index in [1.54, 1.807) is 24.3 Å². The summed E-state index contributed by atoms with van der Waals surface area (Å²) in [5.74, 6) is -0.977. The van der Waals surface area contributed by atoms with Gasteiger partial charge in [0.25, 0.3) is 10.0 Å². The summed E-state index contributed by atoms with van der Waals surface area (Å²) >= 11 is 0. The Labute approximate surface area is 193 Å². The van der Waals surface area contributed by atoms with Gasteiger partial charge in [-0.2, -0.15) is 0 Å². The number of piperazine rings is 1. The van der Waals surface area contributed by atoms with Crippen molar-refractivity contribution in [2.24, 2.45) is 0 Å². The van der Waals surface area contributed by atoms with Crippen LogP contribution in [0.5, 0.6) is 0 Å². The van der Waals surface area contributed by atoms with Crippen molar-refractivity contribution in [3.05, 3.63) is 54.1 Å². The number of carboxylic acids is 1. The average molecular weight is 473 g/mol. The highest BCUT2D eigenvalue weighted by Crippen LogP contribution is 2.30. The van der Waals surface area contributed by atoms with Crippen LogP contribution in [0.3, 0.4) is 0 Å². The molecule has 0 unspecified atom stereocenters. The molecule has 176 valence electrons. The lowest BCUT2D eigenvalue weighted by Crippen LogP contribution is -2.50. The van der Waals surface area contributed by atoms with Gasteiger partial charge in [-0.3, -0.25) is 14.4 Å². The number of likely N-dealkylation sites (tertiary alicyclic amines) is 1. The SMILES string of the molecule is O=C(O)c1ccc(N2CCN(CC(=O)N3CCCC3)CC2)c(NS(=O)(=O)c2ccccc2)c1. The van der Waals surface area contributed by atoms with E-state index >= 15 is 0 Å². The predicted octanol–water partition coefficient (Wildman–Crippen LogP) is 1.93. The predicted molar refractivity (Wildman–Crippen MR) is 125 cm³/mol. The summed E-state index contributed by atoms with van der Waals surface area (Å²) < 4.78 is 28.3. The van der Waals surface area contributed by atoms with Gasteiger partial charge in [0.15, 0.2) is 0 Å². The van der Waals surface area contributed by atoms with Gasteiger partial charge in [0, 0.05) is 39.3 Å². The Morgan fingerprint density at radius 1 is 0.909 bits per heavy atom. The summed E-state index contributed by atoms with van der Waals surface area (Å²) in [5.41, 5.74) is 0.838. The number of aromatic carboxylic acids is 1. The second-order valence-electron chi connectivity index (χ2n) is 8.31. The fraction of sp³-hybridized carbons (Fsp3) is 0.391. The first-order valence-electron chi connectivity index (χ1n) is 11.0. The standard InChI is InChI=1S/C23H28N4O5S/c28-22(27-10-4-5-11-27)17-25-12-14-26(15-13-25)21-9-8-18(23(29)30)16-20(21)24-33(31,32)19-6-2-1-3-7-19/h1-3,6-9,16,24H,4-5,10-15,17H2,(H,29,30). The van der Waals surface area contributed by atoms with Crippen molar-refractivity contribution in [2.75, 3.05) is 55.4 Å². The molecule has 9 nitrogen and oxygen atoms in total. The number of rotatable bonds is 7. The van der Waals surface area contributed by atoms with Crippen LogP contribution < -0.4 is 9.62 Å². The summed E-state index contributed by atoms with van der Waals surface area (Å²) in [6.45, 7) is 4.56. The second-order valence-corrected chi connectivity index (χ2v) is 9.99. The van der Waals surface area contributed by atoms with Crippen molar-refractivity contribution in [3.63, 3.8) is 0 Å². The molecule has 2 aliphatic heterocycles. The molecule has 0 radical (unpaired) electrons. The van der Waals surface area contributed by atoms with E-state index in [2.05, 4.69) is 9.62 Å². The van der Waals surface area contributed by atoms with Crippen LogP contribution in [-0.2, 0) is 14.8 Å². The molecular weight excluding hydrogens is 444 g/mol. The number of nitrogens with one attached hydrogen (secondary N) is 1.